The van der Waals surface area contributed by atoms with E-state index in [4.69, 9.17) is 11.5 Å². The van der Waals surface area contributed by atoms with Crippen LogP contribution in [-0.4, -0.2) is 65.5 Å². The van der Waals surface area contributed by atoms with Crippen molar-refractivity contribution < 1.29 is 33.9 Å². The van der Waals surface area contributed by atoms with Crippen LogP contribution in [0.15, 0.2) is 23.2 Å². The third kappa shape index (κ3) is 12.3. The molecule has 1 unspecified atom stereocenters. The van der Waals surface area contributed by atoms with E-state index >= 15 is 0 Å². The van der Waals surface area contributed by atoms with Gasteiger partial charge in [-0.25, -0.2) is 0 Å². The number of carbonyl (C=O) groups excluding carboxylic acids is 5. The van der Waals surface area contributed by atoms with Gasteiger partial charge in [-0.05, 0) is 68.7 Å². The summed E-state index contributed by atoms with van der Waals surface area (Å²) >= 11 is 0. The molecule has 1 aliphatic heterocycles. The first-order chi connectivity index (χ1) is 21.4. The molecule has 1 aliphatic rings. The lowest BCUT2D eigenvalue weighted by Crippen LogP contribution is -2.43. The zero-order chi connectivity index (χ0) is 33.5. The van der Waals surface area contributed by atoms with E-state index in [0.717, 1.165) is 12.0 Å². The number of aliphatic imine (C=N–C) groups is 1. The molecule has 2 rings (SSSR count). The molecule has 8 N–H and O–H groups in total. The Morgan fingerprint density at radius 2 is 1.69 bits per heavy atom. The molecule has 1 aromatic carbocycles. The van der Waals surface area contributed by atoms with Gasteiger partial charge in [0, 0.05) is 36.9 Å². The number of nitrogens with zero attached hydrogens (tertiary/aromatic N) is 1. The zero-order valence-corrected chi connectivity index (χ0v) is 26.5. The molecule has 1 heterocycles. The number of nitrogens with two attached hydrogens (primary N) is 2. The summed E-state index contributed by atoms with van der Waals surface area (Å²) in [6.07, 6.45) is 2.88. The fraction of sp³-hybridized carbons (Fsp3) is 0.594. The molecule has 1 aromatic rings. The molecular weight excluding hydrogens is 580 g/mol. The third-order valence-electron chi connectivity index (χ3n) is 8.01. The number of carbonyl (C=O) groups is 6. The van der Waals surface area contributed by atoms with Crippen LogP contribution >= 0.6 is 0 Å². The van der Waals surface area contributed by atoms with Gasteiger partial charge in [-0.2, -0.15) is 0 Å². The normalized spacial score (nSPS) is 22.5. The summed E-state index contributed by atoms with van der Waals surface area (Å²) < 4.78 is 0. The average molecular weight is 629 g/mol. The number of ketones is 2. The summed E-state index contributed by atoms with van der Waals surface area (Å²) in [5.41, 5.74) is 12.6. The van der Waals surface area contributed by atoms with Crippen LogP contribution < -0.4 is 27.4 Å². The molecule has 0 spiro atoms. The van der Waals surface area contributed by atoms with Crippen LogP contribution in [-0.2, 0) is 36.9 Å². The molecule has 0 saturated heterocycles. The number of hydrogen-bond acceptors (Lipinski definition) is 7. The number of rotatable bonds is 9. The van der Waals surface area contributed by atoms with E-state index in [1.165, 1.54) is 0 Å². The second kappa shape index (κ2) is 18.5. The summed E-state index contributed by atoms with van der Waals surface area (Å²) in [5.74, 6) is -6.02. The molecule has 45 heavy (non-hydrogen) atoms. The van der Waals surface area contributed by atoms with Gasteiger partial charge in [0.05, 0.1) is 24.9 Å². The predicted molar refractivity (Wildman–Crippen MR) is 169 cm³/mol. The van der Waals surface area contributed by atoms with Crippen molar-refractivity contribution >= 4 is 41.2 Å². The Balaban J connectivity index is 2.42. The van der Waals surface area contributed by atoms with Gasteiger partial charge >= 0.3 is 5.97 Å². The zero-order valence-electron chi connectivity index (χ0n) is 26.5. The predicted octanol–water partition coefficient (Wildman–Crippen LogP) is 1.60. The molecule has 4 atom stereocenters. The number of aliphatic carboxylic acids is 1. The molecule has 0 saturated carbocycles. The summed E-state index contributed by atoms with van der Waals surface area (Å²) in [6, 6.07) is 4.47. The topological polar surface area (TPSA) is 223 Å². The summed E-state index contributed by atoms with van der Waals surface area (Å²) in [7, 11) is 0. The maximum absolute atomic E-state index is 13.3. The summed E-state index contributed by atoms with van der Waals surface area (Å²) in [6.45, 7) is 5.24. The molecule has 0 fully saturated rings. The van der Waals surface area contributed by atoms with E-state index in [1.807, 2.05) is 13.0 Å². The van der Waals surface area contributed by atoms with Crippen molar-refractivity contribution in [3.8, 4) is 0 Å². The van der Waals surface area contributed by atoms with Gasteiger partial charge in [0.15, 0.2) is 17.5 Å². The van der Waals surface area contributed by atoms with Crippen LogP contribution in [0.2, 0.25) is 0 Å². The van der Waals surface area contributed by atoms with Crippen LogP contribution in [0.25, 0.3) is 0 Å². The second-order valence-electron chi connectivity index (χ2n) is 11.6. The smallest absolute Gasteiger partial charge is 0.304 e. The number of guanidine groups is 1. The molecule has 2 bridgehead atoms. The first-order valence-electron chi connectivity index (χ1n) is 15.7. The number of carboxylic acids is 1. The van der Waals surface area contributed by atoms with Gasteiger partial charge in [0.2, 0.25) is 11.8 Å². The quantitative estimate of drug-likeness (QED) is 0.133. The van der Waals surface area contributed by atoms with Crippen LogP contribution in [0.1, 0.15) is 93.6 Å². The Morgan fingerprint density at radius 3 is 2.33 bits per heavy atom. The standard InChI is InChI=1S/C32H48N6O7/c1-4-8-20-13-21-15-23(14-20)30(44)38-19(3)26(39)11-6-9-22(10-7-12-35-32(33)34)29(43)37-18-27(40)24(5-2)25(16-28(41)42)31(45)36-17-21/h13-15,19,22,24-25H,4-12,16-18H2,1-3H3,(H,36,45)(H,37,43)(H,38,44)(H,41,42)(H4,33,34,35)/t19-,22-,24?,25+/m0/s1. The van der Waals surface area contributed by atoms with Gasteiger partial charge in [-0.3, -0.25) is 33.8 Å². The van der Waals surface area contributed by atoms with Crippen LogP contribution in [0.4, 0.5) is 0 Å². The molecule has 0 radical (unpaired) electrons. The Morgan fingerprint density at radius 1 is 0.978 bits per heavy atom. The average Bonchev–Trinajstić information content (AvgIpc) is 2.98. The molecule has 248 valence electrons. The van der Waals surface area contributed by atoms with E-state index in [9.17, 15) is 33.9 Å². The van der Waals surface area contributed by atoms with Crippen molar-refractivity contribution in [1.29, 1.82) is 0 Å². The number of Topliss-reactive ketones (excluding diaryl/α,β-unsaturated/α-hetero) is 2. The Bertz CT molecular complexity index is 1260. The van der Waals surface area contributed by atoms with Crippen molar-refractivity contribution in [3.63, 3.8) is 0 Å². The Kier molecular flexibility index (Phi) is 15.2. The first-order valence-corrected chi connectivity index (χ1v) is 15.7. The number of carboxylic acid groups (broad SMARTS) is 1. The Labute approximate surface area is 264 Å². The lowest BCUT2D eigenvalue weighted by molar-refractivity contribution is -0.144. The molecule has 3 amide bonds. The molecule has 13 heteroatoms. The van der Waals surface area contributed by atoms with E-state index in [-0.39, 0.29) is 37.7 Å². The first kappa shape index (κ1) is 36.9. The van der Waals surface area contributed by atoms with Gasteiger partial charge < -0.3 is 32.5 Å². The van der Waals surface area contributed by atoms with Crippen molar-refractivity contribution in [3.05, 3.63) is 34.9 Å². The number of fused-ring (bicyclic) bond motifs is 2. The van der Waals surface area contributed by atoms with E-state index < -0.39 is 59.7 Å². The highest BCUT2D eigenvalue weighted by molar-refractivity contribution is 5.98. The Hall–Kier alpha value is -4.29. The van der Waals surface area contributed by atoms with E-state index in [0.29, 0.717) is 49.8 Å². The highest BCUT2D eigenvalue weighted by Gasteiger charge is 2.34. The number of amides is 3. The number of hydrogen-bond donors (Lipinski definition) is 6. The van der Waals surface area contributed by atoms with Crippen molar-refractivity contribution in [2.75, 3.05) is 13.1 Å². The lowest BCUT2D eigenvalue weighted by atomic mass is 9.83. The third-order valence-corrected chi connectivity index (χ3v) is 8.01. The van der Waals surface area contributed by atoms with Crippen molar-refractivity contribution in [2.45, 2.75) is 91.1 Å². The minimum absolute atomic E-state index is 0.00413. The highest BCUT2D eigenvalue weighted by atomic mass is 16.4. The maximum atomic E-state index is 13.3. The van der Waals surface area contributed by atoms with E-state index in [2.05, 4.69) is 20.9 Å². The SMILES string of the molecule is CCCc1cc2cc(c1)C(=O)N[C@@H](C)C(=O)CCC[C@@H](CCCN=C(N)N)C(=O)NCC(=O)C(CC)[C@@H](CC(=O)O)C(=O)NC2. The molecular formula is C32H48N6O7. The maximum Gasteiger partial charge on any atom is 0.304 e. The van der Waals surface area contributed by atoms with Crippen LogP contribution in [0.3, 0.4) is 0 Å². The van der Waals surface area contributed by atoms with Crippen LogP contribution in [0.5, 0.6) is 0 Å². The fourth-order valence-electron chi connectivity index (χ4n) is 5.59. The van der Waals surface area contributed by atoms with Crippen LogP contribution in [0, 0.1) is 17.8 Å². The highest BCUT2D eigenvalue weighted by Crippen LogP contribution is 2.23. The minimum Gasteiger partial charge on any atom is -0.481 e. The lowest BCUT2D eigenvalue weighted by Gasteiger charge is -2.24. The van der Waals surface area contributed by atoms with Gasteiger partial charge in [0.1, 0.15) is 0 Å². The number of benzene rings is 1. The van der Waals surface area contributed by atoms with E-state index in [1.54, 1.807) is 26.0 Å². The summed E-state index contributed by atoms with van der Waals surface area (Å²) in [4.78, 5) is 81.6. The number of aryl methyl sites for hydroxylation is 1. The minimum atomic E-state index is -1.23. The molecule has 0 aromatic heterocycles. The van der Waals surface area contributed by atoms with Gasteiger partial charge in [0.25, 0.3) is 5.91 Å². The molecule has 13 nitrogen and oxygen atoms in total. The molecule has 0 aliphatic carbocycles. The number of nitrogens with one attached hydrogen (secondary N) is 3. The monoisotopic (exact) mass is 628 g/mol. The summed E-state index contributed by atoms with van der Waals surface area (Å²) in [5, 5.41) is 17.7. The van der Waals surface area contributed by atoms with Gasteiger partial charge in [-0.15, -0.1) is 0 Å². The van der Waals surface area contributed by atoms with Crippen molar-refractivity contribution in [2.24, 2.45) is 34.2 Å². The second-order valence-corrected chi connectivity index (χ2v) is 11.6. The van der Waals surface area contributed by atoms with Gasteiger partial charge in [-0.1, -0.05) is 26.3 Å². The van der Waals surface area contributed by atoms with Crippen molar-refractivity contribution in [1.82, 2.24) is 16.0 Å². The fourth-order valence-corrected chi connectivity index (χ4v) is 5.59. The largest absolute Gasteiger partial charge is 0.481 e.